The molecule has 1 saturated heterocycles. The lowest BCUT2D eigenvalue weighted by atomic mass is 10.1. The Bertz CT molecular complexity index is 721. The van der Waals surface area contributed by atoms with E-state index in [0.717, 1.165) is 19.3 Å². The van der Waals surface area contributed by atoms with E-state index < -0.39 is 11.8 Å². The van der Waals surface area contributed by atoms with Gasteiger partial charge in [0.2, 0.25) is 5.95 Å². The van der Waals surface area contributed by atoms with Crippen LogP contribution >= 0.6 is 0 Å². The lowest BCUT2D eigenvalue weighted by Gasteiger charge is -2.23. The molecule has 1 aromatic carbocycles. The standard InChI is InChI=1S/C16H16F2N2O/c1-2-3-6-11-8-9-12-14(15(11)17)16(18)19-20(12)13-7-4-5-10-21-13/h8-9,13H,2,4-5,7,10H2,1H3. The lowest BCUT2D eigenvalue weighted by Crippen LogP contribution is -2.19. The predicted molar refractivity (Wildman–Crippen MR) is 75.7 cm³/mol. The van der Waals surface area contributed by atoms with E-state index in [1.807, 2.05) is 6.92 Å². The summed E-state index contributed by atoms with van der Waals surface area (Å²) in [5.41, 5.74) is 0.617. The van der Waals surface area contributed by atoms with Gasteiger partial charge in [-0.1, -0.05) is 18.8 Å². The van der Waals surface area contributed by atoms with Crippen molar-refractivity contribution in [2.45, 2.75) is 38.8 Å². The van der Waals surface area contributed by atoms with Crippen molar-refractivity contribution in [1.82, 2.24) is 9.78 Å². The molecule has 0 N–H and O–H groups in total. The molecular weight excluding hydrogens is 274 g/mol. The van der Waals surface area contributed by atoms with Gasteiger partial charge in [0.15, 0.2) is 12.0 Å². The van der Waals surface area contributed by atoms with Crippen LogP contribution in [0.15, 0.2) is 12.1 Å². The van der Waals surface area contributed by atoms with Crippen LogP contribution in [0.3, 0.4) is 0 Å². The first-order valence-corrected chi connectivity index (χ1v) is 7.19. The molecule has 1 aromatic heterocycles. The van der Waals surface area contributed by atoms with Crippen molar-refractivity contribution in [3.05, 3.63) is 29.5 Å². The molecule has 0 aliphatic carbocycles. The van der Waals surface area contributed by atoms with Crippen molar-refractivity contribution in [1.29, 1.82) is 0 Å². The molecule has 3 rings (SSSR count). The third kappa shape index (κ3) is 2.52. The molecule has 2 heterocycles. The first-order valence-electron chi connectivity index (χ1n) is 7.19. The van der Waals surface area contributed by atoms with Gasteiger partial charge in [-0.15, -0.1) is 5.10 Å². The quantitative estimate of drug-likeness (QED) is 0.747. The summed E-state index contributed by atoms with van der Waals surface area (Å²) in [5, 5.41) is 3.73. The Morgan fingerprint density at radius 1 is 1.38 bits per heavy atom. The Kier molecular flexibility index (Phi) is 3.89. The van der Waals surface area contributed by atoms with Gasteiger partial charge in [-0.3, -0.25) is 0 Å². The maximum atomic E-state index is 14.4. The van der Waals surface area contributed by atoms with Crippen LogP contribution in [-0.4, -0.2) is 16.4 Å². The van der Waals surface area contributed by atoms with Crippen molar-refractivity contribution >= 4 is 10.9 Å². The SMILES string of the molecule is CCC#Cc1ccc2c(c(F)nn2C2CCCCO2)c1F. The highest BCUT2D eigenvalue weighted by Gasteiger charge is 2.23. The molecule has 0 spiro atoms. The predicted octanol–water partition coefficient (Wildman–Crippen LogP) is 3.78. The van der Waals surface area contributed by atoms with Gasteiger partial charge in [0.25, 0.3) is 0 Å². The molecule has 2 aromatic rings. The summed E-state index contributed by atoms with van der Waals surface area (Å²) >= 11 is 0. The number of rotatable bonds is 1. The molecule has 0 saturated carbocycles. The van der Waals surface area contributed by atoms with Crippen molar-refractivity contribution < 1.29 is 13.5 Å². The molecular formula is C16H16F2N2O. The minimum absolute atomic E-state index is 0.105. The normalized spacial score (nSPS) is 18.5. The molecule has 0 bridgehead atoms. The third-order valence-electron chi connectivity index (χ3n) is 3.60. The summed E-state index contributed by atoms with van der Waals surface area (Å²) in [6, 6.07) is 3.23. The van der Waals surface area contributed by atoms with Crippen LogP contribution in [0.4, 0.5) is 8.78 Å². The second kappa shape index (κ2) is 5.82. The number of halogens is 2. The lowest BCUT2D eigenvalue weighted by molar-refractivity contribution is -0.0375. The molecule has 0 amide bonds. The number of hydrogen-bond acceptors (Lipinski definition) is 2. The summed E-state index contributed by atoms with van der Waals surface area (Å²) in [6.07, 6.45) is 3.04. The summed E-state index contributed by atoms with van der Waals surface area (Å²) in [4.78, 5) is 0. The van der Waals surface area contributed by atoms with E-state index in [4.69, 9.17) is 4.74 Å². The van der Waals surface area contributed by atoms with Gasteiger partial charge < -0.3 is 4.74 Å². The van der Waals surface area contributed by atoms with Crippen molar-refractivity contribution in [2.75, 3.05) is 6.61 Å². The van der Waals surface area contributed by atoms with E-state index in [-0.39, 0.29) is 17.2 Å². The smallest absolute Gasteiger partial charge is 0.243 e. The van der Waals surface area contributed by atoms with Gasteiger partial charge in [0, 0.05) is 13.0 Å². The Morgan fingerprint density at radius 3 is 2.95 bits per heavy atom. The fourth-order valence-electron chi connectivity index (χ4n) is 2.57. The van der Waals surface area contributed by atoms with E-state index in [0.29, 0.717) is 18.5 Å². The number of hydrogen-bond donors (Lipinski definition) is 0. The molecule has 21 heavy (non-hydrogen) atoms. The van der Waals surface area contributed by atoms with Gasteiger partial charge >= 0.3 is 0 Å². The average Bonchev–Trinajstić information content (AvgIpc) is 2.85. The van der Waals surface area contributed by atoms with Crippen LogP contribution in [-0.2, 0) is 4.74 Å². The van der Waals surface area contributed by atoms with Crippen LogP contribution in [0.5, 0.6) is 0 Å². The molecule has 110 valence electrons. The molecule has 1 unspecified atom stereocenters. The number of ether oxygens (including phenoxy) is 1. The topological polar surface area (TPSA) is 27.1 Å². The van der Waals surface area contributed by atoms with Crippen molar-refractivity contribution in [2.24, 2.45) is 0 Å². The molecule has 3 nitrogen and oxygen atoms in total. The largest absolute Gasteiger partial charge is 0.356 e. The number of aromatic nitrogens is 2. The zero-order valence-electron chi connectivity index (χ0n) is 11.8. The average molecular weight is 290 g/mol. The first kappa shape index (κ1) is 14.0. The maximum absolute atomic E-state index is 14.4. The summed E-state index contributed by atoms with van der Waals surface area (Å²) < 4.78 is 35.5. The molecule has 0 radical (unpaired) electrons. The van der Waals surface area contributed by atoms with E-state index in [2.05, 4.69) is 16.9 Å². The molecule has 1 aliphatic heterocycles. The van der Waals surface area contributed by atoms with Gasteiger partial charge in [0.05, 0.1) is 16.5 Å². The summed E-state index contributed by atoms with van der Waals surface area (Å²) in [6.45, 7) is 2.50. The van der Waals surface area contributed by atoms with E-state index in [1.54, 1.807) is 12.1 Å². The minimum Gasteiger partial charge on any atom is -0.356 e. The van der Waals surface area contributed by atoms with Gasteiger partial charge in [-0.25, -0.2) is 9.07 Å². The molecule has 1 aliphatic rings. The zero-order chi connectivity index (χ0) is 14.8. The molecule has 5 heteroatoms. The Hall–Kier alpha value is -1.93. The number of fused-ring (bicyclic) bond motifs is 1. The van der Waals surface area contributed by atoms with Crippen LogP contribution in [0.25, 0.3) is 10.9 Å². The van der Waals surface area contributed by atoms with Gasteiger partial charge in [-0.05, 0) is 31.4 Å². The van der Waals surface area contributed by atoms with E-state index >= 15 is 0 Å². The summed E-state index contributed by atoms with van der Waals surface area (Å²) in [5.74, 6) is 4.05. The second-order valence-corrected chi connectivity index (χ2v) is 5.03. The Balaban J connectivity index is 2.11. The van der Waals surface area contributed by atoms with Crippen molar-refractivity contribution in [3.8, 4) is 11.8 Å². The van der Waals surface area contributed by atoms with Gasteiger partial charge in [-0.2, -0.15) is 4.39 Å². The fraction of sp³-hybridized carbons (Fsp3) is 0.438. The Morgan fingerprint density at radius 2 is 2.24 bits per heavy atom. The first-order chi connectivity index (χ1) is 10.2. The second-order valence-electron chi connectivity index (χ2n) is 5.03. The maximum Gasteiger partial charge on any atom is 0.243 e. The van der Waals surface area contributed by atoms with Crippen LogP contribution in [0.2, 0.25) is 0 Å². The van der Waals surface area contributed by atoms with Crippen LogP contribution in [0.1, 0.15) is 44.4 Å². The highest BCUT2D eigenvalue weighted by Crippen LogP contribution is 2.29. The van der Waals surface area contributed by atoms with Crippen LogP contribution in [0, 0.1) is 23.6 Å². The number of benzene rings is 1. The highest BCUT2D eigenvalue weighted by atomic mass is 19.1. The Labute approximate surface area is 121 Å². The highest BCUT2D eigenvalue weighted by molar-refractivity contribution is 5.82. The van der Waals surface area contributed by atoms with Crippen LogP contribution < -0.4 is 0 Å². The zero-order valence-corrected chi connectivity index (χ0v) is 11.8. The van der Waals surface area contributed by atoms with E-state index in [1.165, 1.54) is 4.68 Å². The van der Waals surface area contributed by atoms with Crippen molar-refractivity contribution in [3.63, 3.8) is 0 Å². The third-order valence-corrected chi connectivity index (χ3v) is 3.60. The summed E-state index contributed by atoms with van der Waals surface area (Å²) in [7, 11) is 0. The monoisotopic (exact) mass is 290 g/mol. The molecule has 1 atom stereocenters. The van der Waals surface area contributed by atoms with Gasteiger partial charge in [0.1, 0.15) is 0 Å². The minimum atomic E-state index is -0.808. The number of nitrogens with zero attached hydrogens (tertiary/aromatic N) is 2. The fourth-order valence-corrected chi connectivity index (χ4v) is 2.57. The molecule has 1 fully saturated rings. The van der Waals surface area contributed by atoms with E-state index in [9.17, 15) is 8.78 Å².